The van der Waals surface area contributed by atoms with Gasteiger partial charge in [0.2, 0.25) is 5.91 Å². The number of rotatable bonds is 2. The summed E-state index contributed by atoms with van der Waals surface area (Å²) in [7, 11) is 0. The molecule has 3 rings (SSSR count). The lowest BCUT2D eigenvalue weighted by Gasteiger charge is -2.32. The Bertz CT molecular complexity index is 471. The zero-order valence-electron chi connectivity index (χ0n) is 10.1. The number of benzene rings is 1. The van der Waals surface area contributed by atoms with E-state index >= 15 is 0 Å². The Balaban J connectivity index is 1.86. The fourth-order valence-electron chi connectivity index (χ4n) is 2.61. The van der Waals surface area contributed by atoms with E-state index in [1.54, 1.807) is 0 Å². The molecule has 0 spiro atoms. The second kappa shape index (κ2) is 4.90. The maximum atomic E-state index is 12.1. The van der Waals surface area contributed by atoms with Crippen LogP contribution in [0.25, 0.3) is 0 Å². The highest BCUT2D eigenvalue weighted by Gasteiger charge is 2.27. The van der Waals surface area contributed by atoms with Crippen LogP contribution in [0.2, 0.25) is 0 Å². The first kappa shape index (κ1) is 12.0. The smallest absolute Gasteiger partial charge is 0.246 e. The Labute approximate surface area is 115 Å². The molecule has 2 aliphatic rings. The molecule has 2 aliphatic heterocycles. The molecule has 0 bridgehead atoms. The summed E-state index contributed by atoms with van der Waals surface area (Å²) in [6.07, 6.45) is 1.16. The normalized spacial score (nSPS) is 22.8. The van der Waals surface area contributed by atoms with Crippen molar-refractivity contribution in [3.05, 3.63) is 22.7 Å². The summed E-state index contributed by atoms with van der Waals surface area (Å²) >= 11 is 3.46. The van der Waals surface area contributed by atoms with Crippen LogP contribution in [-0.2, 0) is 4.79 Å². The van der Waals surface area contributed by atoms with Gasteiger partial charge in [-0.2, -0.15) is 0 Å². The number of fused-ring (bicyclic) bond motifs is 1. The molecule has 0 radical (unpaired) electrons. The van der Waals surface area contributed by atoms with Crippen LogP contribution < -0.4 is 15.5 Å². The molecule has 1 atom stereocenters. The zero-order chi connectivity index (χ0) is 12.5. The van der Waals surface area contributed by atoms with Crippen molar-refractivity contribution < 1.29 is 4.79 Å². The number of carbonyl (C=O) groups excluding carboxylic acids is 1. The van der Waals surface area contributed by atoms with E-state index in [2.05, 4.69) is 26.6 Å². The fraction of sp³-hybridized carbons (Fsp3) is 0.462. The van der Waals surface area contributed by atoms with Crippen molar-refractivity contribution in [3.63, 3.8) is 0 Å². The summed E-state index contributed by atoms with van der Waals surface area (Å²) in [6.45, 7) is 3.30. The Hall–Kier alpha value is -1.07. The van der Waals surface area contributed by atoms with Crippen molar-refractivity contribution in [2.45, 2.75) is 6.42 Å². The molecule has 1 aromatic carbocycles. The van der Waals surface area contributed by atoms with E-state index in [4.69, 9.17) is 0 Å². The molecule has 0 saturated carbocycles. The van der Waals surface area contributed by atoms with Crippen molar-refractivity contribution in [1.82, 2.24) is 5.32 Å². The molecule has 1 aromatic rings. The van der Waals surface area contributed by atoms with Crippen LogP contribution >= 0.6 is 15.9 Å². The van der Waals surface area contributed by atoms with Gasteiger partial charge < -0.3 is 15.5 Å². The van der Waals surface area contributed by atoms with Crippen molar-refractivity contribution in [3.8, 4) is 0 Å². The van der Waals surface area contributed by atoms with E-state index in [0.717, 1.165) is 41.9 Å². The lowest BCUT2D eigenvalue weighted by Crippen LogP contribution is -2.43. The van der Waals surface area contributed by atoms with Gasteiger partial charge in [-0.15, -0.1) is 0 Å². The SMILES string of the molecule is O=C1CNc2cc(Br)ccc2N1CC1CCNC1. The summed E-state index contributed by atoms with van der Waals surface area (Å²) in [5.41, 5.74) is 2.04. The molecule has 5 heteroatoms. The molecule has 4 nitrogen and oxygen atoms in total. The van der Waals surface area contributed by atoms with E-state index < -0.39 is 0 Å². The monoisotopic (exact) mass is 309 g/mol. The Kier molecular flexibility index (Phi) is 3.26. The van der Waals surface area contributed by atoms with Crippen LogP contribution in [-0.4, -0.2) is 32.1 Å². The summed E-state index contributed by atoms with van der Waals surface area (Å²) in [6, 6.07) is 6.02. The highest BCUT2D eigenvalue weighted by Crippen LogP contribution is 2.33. The van der Waals surface area contributed by atoms with Gasteiger partial charge in [-0.05, 0) is 43.6 Å². The third kappa shape index (κ3) is 2.24. The van der Waals surface area contributed by atoms with Gasteiger partial charge in [0, 0.05) is 11.0 Å². The third-order valence-electron chi connectivity index (χ3n) is 3.58. The van der Waals surface area contributed by atoms with Gasteiger partial charge in [-0.25, -0.2) is 0 Å². The van der Waals surface area contributed by atoms with Gasteiger partial charge in [0.05, 0.1) is 17.9 Å². The quantitative estimate of drug-likeness (QED) is 0.876. The van der Waals surface area contributed by atoms with Crippen LogP contribution in [0, 0.1) is 5.92 Å². The molecule has 1 fully saturated rings. The summed E-state index contributed by atoms with van der Waals surface area (Å²) in [5, 5.41) is 6.52. The maximum Gasteiger partial charge on any atom is 0.246 e. The molecular formula is C13H16BrN3O. The van der Waals surface area contributed by atoms with Gasteiger partial charge in [0.25, 0.3) is 0 Å². The fourth-order valence-corrected chi connectivity index (χ4v) is 2.98. The predicted octanol–water partition coefficient (Wildman–Crippen LogP) is 1.82. The molecule has 1 amide bonds. The second-order valence-corrected chi connectivity index (χ2v) is 5.79. The van der Waals surface area contributed by atoms with Gasteiger partial charge in [0.15, 0.2) is 0 Å². The molecule has 18 heavy (non-hydrogen) atoms. The van der Waals surface area contributed by atoms with Crippen molar-refractivity contribution in [1.29, 1.82) is 0 Å². The first-order valence-corrected chi connectivity index (χ1v) is 7.08. The van der Waals surface area contributed by atoms with Crippen molar-refractivity contribution in [2.24, 2.45) is 5.92 Å². The topological polar surface area (TPSA) is 44.4 Å². The molecule has 2 heterocycles. The first-order valence-electron chi connectivity index (χ1n) is 6.28. The van der Waals surface area contributed by atoms with Crippen LogP contribution in [0.1, 0.15) is 6.42 Å². The van der Waals surface area contributed by atoms with Crippen LogP contribution in [0.5, 0.6) is 0 Å². The second-order valence-electron chi connectivity index (χ2n) is 4.88. The number of hydrogen-bond donors (Lipinski definition) is 2. The van der Waals surface area contributed by atoms with E-state index in [-0.39, 0.29) is 5.91 Å². The van der Waals surface area contributed by atoms with Crippen LogP contribution in [0.3, 0.4) is 0 Å². The van der Waals surface area contributed by atoms with Crippen molar-refractivity contribution >= 4 is 33.2 Å². The number of nitrogens with one attached hydrogen (secondary N) is 2. The average Bonchev–Trinajstić information content (AvgIpc) is 2.86. The number of hydrogen-bond acceptors (Lipinski definition) is 3. The minimum absolute atomic E-state index is 0.164. The highest BCUT2D eigenvalue weighted by atomic mass is 79.9. The highest BCUT2D eigenvalue weighted by molar-refractivity contribution is 9.10. The lowest BCUT2D eigenvalue weighted by atomic mass is 10.1. The van der Waals surface area contributed by atoms with Crippen molar-refractivity contribution in [2.75, 3.05) is 36.4 Å². The number of anilines is 2. The molecular weight excluding hydrogens is 294 g/mol. The van der Waals surface area contributed by atoms with E-state index in [0.29, 0.717) is 12.5 Å². The van der Waals surface area contributed by atoms with E-state index in [1.165, 1.54) is 0 Å². The molecule has 0 aromatic heterocycles. The van der Waals surface area contributed by atoms with Crippen LogP contribution in [0.15, 0.2) is 22.7 Å². The third-order valence-corrected chi connectivity index (χ3v) is 4.08. The average molecular weight is 310 g/mol. The summed E-state index contributed by atoms with van der Waals surface area (Å²) < 4.78 is 1.03. The van der Waals surface area contributed by atoms with Crippen LogP contribution in [0.4, 0.5) is 11.4 Å². The maximum absolute atomic E-state index is 12.1. The first-order chi connectivity index (χ1) is 8.74. The molecule has 2 N–H and O–H groups in total. The minimum Gasteiger partial charge on any atom is -0.374 e. The van der Waals surface area contributed by atoms with E-state index in [1.807, 2.05) is 23.1 Å². The summed E-state index contributed by atoms with van der Waals surface area (Å²) in [4.78, 5) is 14.0. The Morgan fingerprint density at radius 2 is 2.33 bits per heavy atom. The lowest BCUT2D eigenvalue weighted by molar-refractivity contribution is -0.117. The predicted molar refractivity (Wildman–Crippen MR) is 76.0 cm³/mol. The number of amides is 1. The standard InChI is InChI=1S/C13H16BrN3O/c14-10-1-2-12-11(5-10)16-7-13(18)17(12)8-9-3-4-15-6-9/h1-2,5,9,15-16H,3-4,6-8H2. The van der Waals surface area contributed by atoms with Gasteiger partial charge in [0.1, 0.15) is 0 Å². The zero-order valence-corrected chi connectivity index (χ0v) is 11.7. The van der Waals surface area contributed by atoms with Gasteiger partial charge in [-0.3, -0.25) is 4.79 Å². The molecule has 1 saturated heterocycles. The van der Waals surface area contributed by atoms with Gasteiger partial charge in [-0.1, -0.05) is 15.9 Å². The summed E-state index contributed by atoms with van der Waals surface area (Å²) in [5.74, 6) is 0.736. The molecule has 0 aliphatic carbocycles. The number of nitrogens with zero attached hydrogens (tertiary/aromatic N) is 1. The number of carbonyl (C=O) groups is 1. The Morgan fingerprint density at radius 1 is 1.44 bits per heavy atom. The largest absolute Gasteiger partial charge is 0.374 e. The Morgan fingerprint density at radius 3 is 3.11 bits per heavy atom. The van der Waals surface area contributed by atoms with Gasteiger partial charge >= 0.3 is 0 Å². The minimum atomic E-state index is 0.164. The molecule has 96 valence electrons. The van der Waals surface area contributed by atoms with E-state index in [9.17, 15) is 4.79 Å². The molecule has 1 unspecified atom stereocenters. The number of halogens is 1.